The van der Waals surface area contributed by atoms with Gasteiger partial charge in [-0.25, -0.2) is 4.02 Å². The Bertz CT molecular complexity index is 52.0. The maximum Gasteiger partial charge on any atom is 0.0729 e. The first kappa shape index (κ1) is 7.15. The molecule has 0 fully saturated rings. The van der Waals surface area contributed by atoms with E-state index >= 15 is 0 Å². The maximum atomic E-state index is 3.66. The van der Waals surface area contributed by atoms with Gasteiger partial charge < -0.3 is 0 Å². The number of hydrogen-bond donors (Lipinski definition) is 0. The lowest BCUT2D eigenvalue weighted by molar-refractivity contribution is 0.843. The SMILES string of the molecule is CCCCC=NBr. The second-order valence-electron chi connectivity index (χ2n) is 1.42. The smallest absolute Gasteiger partial charge is 0.0729 e. The van der Waals surface area contributed by atoms with Crippen LogP contribution in [0.1, 0.15) is 26.2 Å². The van der Waals surface area contributed by atoms with Crippen molar-refractivity contribution >= 4 is 22.4 Å². The summed E-state index contributed by atoms with van der Waals surface area (Å²) < 4.78 is 3.66. The molecule has 7 heavy (non-hydrogen) atoms. The molecule has 0 unspecified atom stereocenters. The Kier molecular flexibility index (Phi) is 6.28. The van der Waals surface area contributed by atoms with Crippen molar-refractivity contribution in [2.45, 2.75) is 26.2 Å². The highest BCUT2D eigenvalue weighted by molar-refractivity contribution is 9.08. The summed E-state index contributed by atoms with van der Waals surface area (Å²) in [6.07, 6.45) is 5.47. The predicted octanol–water partition coefficient (Wildman–Crippen LogP) is 2.56. The lowest BCUT2D eigenvalue weighted by Gasteiger charge is -1.82. The zero-order valence-electron chi connectivity index (χ0n) is 4.52. The van der Waals surface area contributed by atoms with Gasteiger partial charge in [-0.05, 0) is 12.8 Å². The van der Waals surface area contributed by atoms with Gasteiger partial charge in [-0.15, -0.1) is 0 Å². The Hall–Kier alpha value is 0.150. The first-order chi connectivity index (χ1) is 3.41. The summed E-state index contributed by atoms with van der Waals surface area (Å²) in [5, 5.41) is 0. The fraction of sp³-hybridized carbons (Fsp3) is 0.800. The molecule has 42 valence electrons. The van der Waals surface area contributed by atoms with Crippen LogP contribution >= 0.6 is 16.1 Å². The van der Waals surface area contributed by atoms with Crippen LogP contribution in [-0.4, -0.2) is 6.21 Å². The van der Waals surface area contributed by atoms with Crippen molar-refractivity contribution in [3.05, 3.63) is 0 Å². The average molecular weight is 164 g/mol. The van der Waals surface area contributed by atoms with Crippen molar-refractivity contribution in [3.63, 3.8) is 0 Å². The third-order valence-electron chi connectivity index (χ3n) is 0.756. The molecule has 0 rings (SSSR count). The van der Waals surface area contributed by atoms with Crippen LogP contribution in [0, 0.1) is 0 Å². The van der Waals surface area contributed by atoms with Gasteiger partial charge in [0.05, 0.1) is 16.1 Å². The van der Waals surface area contributed by atoms with E-state index in [9.17, 15) is 0 Å². The lowest BCUT2D eigenvalue weighted by Crippen LogP contribution is -1.70. The van der Waals surface area contributed by atoms with Crippen molar-refractivity contribution in [1.29, 1.82) is 0 Å². The molecule has 0 aromatic heterocycles. The second kappa shape index (κ2) is 6.15. The Labute approximate surface area is 53.2 Å². The molecule has 0 N–H and O–H groups in total. The third kappa shape index (κ3) is 6.15. The van der Waals surface area contributed by atoms with Crippen LogP contribution in [0.15, 0.2) is 4.02 Å². The monoisotopic (exact) mass is 163 g/mol. The molecule has 2 heteroatoms. The van der Waals surface area contributed by atoms with Crippen LogP contribution in [0.3, 0.4) is 0 Å². The molecule has 0 amide bonds. The van der Waals surface area contributed by atoms with E-state index in [-0.39, 0.29) is 0 Å². The van der Waals surface area contributed by atoms with E-state index in [1.807, 2.05) is 6.21 Å². The quantitative estimate of drug-likeness (QED) is 0.449. The van der Waals surface area contributed by atoms with Gasteiger partial charge in [-0.3, -0.25) is 0 Å². The largest absolute Gasteiger partial charge is 0.220 e. The fourth-order valence-electron chi connectivity index (χ4n) is 0.344. The molecule has 0 saturated heterocycles. The average Bonchev–Trinajstić information content (AvgIpc) is 1.69. The van der Waals surface area contributed by atoms with Gasteiger partial charge in [0.1, 0.15) is 0 Å². The Morgan fingerprint density at radius 2 is 2.43 bits per heavy atom. The molecule has 0 aromatic rings. The van der Waals surface area contributed by atoms with Gasteiger partial charge in [0, 0.05) is 6.21 Å². The van der Waals surface area contributed by atoms with E-state index in [0.717, 1.165) is 6.42 Å². The van der Waals surface area contributed by atoms with Gasteiger partial charge in [0.25, 0.3) is 0 Å². The maximum absolute atomic E-state index is 3.66. The Morgan fingerprint density at radius 3 is 2.86 bits per heavy atom. The van der Waals surface area contributed by atoms with Crippen LogP contribution < -0.4 is 0 Å². The molecule has 0 atom stereocenters. The summed E-state index contributed by atoms with van der Waals surface area (Å²) >= 11 is 2.95. The van der Waals surface area contributed by atoms with Crippen molar-refractivity contribution < 1.29 is 0 Å². The number of halogens is 1. The summed E-state index contributed by atoms with van der Waals surface area (Å²) in [5.74, 6) is 0. The molecule has 0 bridgehead atoms. The van der Waals surface area contributed by atoms with Crippen LogP contribution in [0.4, 0.5) is 0 Å². The molecule has 0 aromatic carbocycles. The summed E-state index contributed by atoms with van der Waals surface area (Å²) in [4.78, 5) is 0. The van der Waals surface area contributed by atoms with Crippen molar-refractivity contribution in [1.82, 2.24) is 0 Å². The molecule has 0 radical (unpaired) electrons. The van der Waals surface area contributed by atoms with Gasteiger partial charge in [0.15, 0.2) is 0 Å². The van der Waals surface area contributed by atoms with Crippen LogP contribution in [-0.2, 0) is 0 Å². The van der Waals surface area contributed by atoms with E-state index in [1.165, 1.54) is 12.8 Å². The highest BCUT2D eigenvalue weighted by Gasteiger charge is 1.74. The normalized spacial score (nSPS) is 10.6. The molecule has 0 spiro atoms. The van der Waals surface area contributed by atoms with E-state index in [4.69, 9.17) is 0 Å². The van der Waals surface area contributed by atoms with E-state index in [2.05, 4.69) is 27.1 Å². The predicted molar refractivity (Wildman–Crippen MR) is 36.9 cm³/mol. The van der Waals surface area contributed by atoms with Gasteiger partial charge in [0.2, 0.25) is 0 Å². The minimum atomic E-state index is 1.10. The lowest BCUT2D eigenvalue weighted by atomic mass is 10.3. The first-order valence-corrected chi connectivity index (χ1v) is 3.25. The summed E-state index contributed by atoms with van der Waals surface area (Å²) in [5.41, 5.74) is 0. The van der Waals surface area contributed by atoms with Gasteiger partial charge in [-0.1, -0.05) is 13.3 Å². The zero-order valence-corrected chi connectivity index (χ0v) is 6.11. The Morgan fingerprint density at radius 1 is 1.71 bits per heavy atom. The van der Waals surface area contributed by atoms with E-state index < -0.39 is 0 Å². The number of nitrogens with zero attached hydrogens (tertiary/aromatic N) is 1. The van der Waals surface area contributed by atoms with Crippen molar-refractivity contribution in [2.75, 3.05) is 0 Å². The van der Waals surface area contributed by atoms with Crippen molar-refractivity contribution in [2.24, 2.45) is 4.02 Å². The molecular weight excluding hydrogens is 154 g/mol. The molecular formula is C5H10BrN. The number of rotatable bonds is 3. The van der Waals surface area contributed by atoms with Gasteiger partial charge >= 0.3 is 0 Å². The van der Waals surface area contributed by atoms with Crippen LogP contribution in [0.2, 0.25) is 0 Å². The van der Waals surface area contributed by atoms with Crippen LogP contribution in [0.25, 0.3) is 0 Å². The standard InChI is InChI=1S/C5H10BrN/c1-2-3-4-5-7-6/h5H,2-4H2,1H3. The molecule has 0 saturated carbocycles. The minimum Gasteiger partial charge on any atom is -0.220 e. The topological polar surface area (TPSA) is 12.4 Å². The van der Waals surface area contributed by atoms with Crippen molar-refractivity contribution in [3.8, 4) is 0 Å². The highest BCUT2D eigenvalue weighted by Crippen LogP contribution is 1.90. The molecule has 1 nitrogen and oxygen atoms in total. The van der Waals surface area contributed by atoms with E-state index in [1.54, 1.807) is 0 Å². The second-order valence-corrected chi connectivity index (χ2v) is 1.83. The molecule has 0 aliphatic carbocycles. The molecule has 0 heterocycles. The third-order valence-corrected chi connectivity index (χ3v) is 1.05. The number of hydrogen-bond acceptors (Lipinski definition) is 1. The molecule has 0 aliphatic rings. The number of unbranched alkanes of at least 4 members (excludes halogenated alkanes) is 2. The summed E-state index contributed by atoms with van der Waals surface area (Å²) in [6, 6.07) is 0. The summed E-state index contributed by atoms with van der Waals surface area (Å²) in [6.45, 7) is 2.17. The minimum absolute atomic E-state index is 1.10. The summed E-state index contributed by atoms with van der Waals surface area (Å²) in [7, 11) is 0. The zero-order chi connectivity index (χ0) is 5.54. The first-order valence-electron chi connectivity index (χ1n) is 2.54. The fourth-order valence-corrected chi connectivity index (χ4v) is 0.549. The Balaban J connectivity index is 2.69. The van der Waals surface area contributed by atoms with Crippen LogP contribution in [0.5, 0.6) is 0 Å². The van der Waals surface area contributed by atoms with Gasteiger partial charge in [-0.2, -0.15) is 0 Å². The molecule has 0 aliphatic heterocycles. The highest BCUT2D eigenvalue weighted by atomic mass is 79.9. The van der Waals surface area contributed by atoms with E-state index in [0.29, 0.717) is 0 Å².